The van der Waals surface area contributed by atoms with Crippen molar-refractivity contribution in [2.45, 2.75) is 18.9 Å². The van der Waals surface area contributed by atoms with E-state index >= 15 is 0 Å². The zero-order valence-electron chi connectivity index (χ0n) is 13.7. The minimum Gasteiger partial charge on any atom is -0.497 e. The number of carbonyl (C=O) groups excluding carboxylic acids is 1. The summed E-state index contributed by atoms with van der Waals surface area (Å²) in [5.74, 6) is 0.865. The summed E-state index contributed by atoms with van der Waals surface area (Å²) in [6.45, 7) is 2.98. The molecule has 1 aliphatic rings. The molecular formula is C18H22BrN2O2S+. The zero-order valence-corrected chi connectivity index (χ0v) is 16.1. The van der Waals surface area contributed by atoms with Crippen molar-refractivity contribution in [2.24, 2.45) is 0 Å². The van der Waals surface area contributed by atoms with Crippen LogP contribution in [0.2, 0.25) is 0 Å². The van der Waals surface area contributed by atoms with E-state index in [4.69, 9.17) is 4.74 Å². The maximum atomic E-state index is 12.4. The Labute approximate surface area is 154 Å². The highest BCUT2D eigenvalue weighted by Gasteiger charge is 2.28. The van der Waals surface area contributed by atoms with Crippen LogP contribution in [0.25, 0.3) is 0 Å². The number of thiophene rings is 1. The molecule has 1 aromatic heterocycles. The summed E-state index contributed by atoms with van der Waals surface area (Å²) in [6, 6.07) is 12.3. The summed E-state index contributed by atoms with van der Waals surface area (Å²) >= 11 is 4.87. The van der Waals surface area contributed by atoms with E-state index in [9.17, 15) is 4.79 Å². The Kier molecular flexibility index (Phi) is 5.92. The van der Waals surface area contributed by atoms with Gasteiger partial charge in [0.25, 0.3) is 5.91 Å². The average molecular weight is 410 g/mol. The Morgan fingerprint density at radius 3 is 2.54 bits per heavy atom. The SMILES string of the molecule is COc1ccc([C@H](CNC(=O)c2ccc(Br)s2)[NH+]2CCCC2)cc1. The van der Waals surface area contributed by atoms with Crippen molar-refractivity contribution in [3.8, 4) is 5.75 Å². The predicted molar refractivity (Wildman–Crippen MR) is 100 cm³/mol. The van der Waals surface area contributed by atoms with Gasteiger partial charge in [0.1, 0.15) is 11.8 Å². The van der Waals surface area contributed by atoms with E-state index in [2.05, 4.69) is 33.4 Å². The van der Waals surface area contributed by atoms with Gasteiger partial charge >= 0.3 is 0 Å². The molecule has 1 fully saturated rings. The van der Waals surface area contributed by atoms with Gasteiger partial charge in [-0.1, -0.05) is 0 Å². The lowest BCUT2D eigenvalue weighted by Crippen LogP contribution is -3.11. The molecule has 0 saturated carbocycles. The molecule has 0 unspecified atom stereocenters. The van der Waals surface area contributed by atoms with Crippen LogP contribution in [0.1, 0.15) is 34.1 Å². The molecule has 4 nitrogen and oxygen atoms in total. The molecular weight excluding hydrogens is 388 g/mol. The number of nitrogens with one attached hydrogen (secondary N) is 2. The Morgan fingerprint density at radius 1 is 1.25 bits per heavy atom. The standard InChI is InChI=1S/C18H21BrN2O2S/c1-23-14-6-4-13(5-7-14)15(21-10-2-3-11-21)12-20-18(22)16-8-9-17(19)24-16/h4-9,15H,2-3,10-12H2,1H3,(H,20,22)/p+1/t15-/m0/s1. The largest absolute Gasteiger partial charge is 0.497 e. The van der Waals surface area contributed by atoms with Crippen molar-refractivity contribution < 1.29 is 14.4 Å². The highest BCUT2D eigenvalue weighted by molar-refractivity contribution is 9.11. The Bertz CT molecular complexity index is 681. The minimum absolute atomic E-state index is 0.00260. The van der Waals surface area contributed by atoms with Gasteiger partial charge in [0.2, 0.25) is 0 Å². The molecule has 128 valence electrons. The van der Waals surface area contributed by atoms with Crippen molar-refractivity contribution in [3.05, 3.63) is 50.6 Å². The van der Waals surface area contributed by atoms with Crippen LogP contribution >= 0.6 is 27.3 Å². The number of amides is 1. The van der Waals surface area contributed by atoms with Gasteiger partial charge in [-0.25, -0.2) is 0 Å². The quantitative estimate of drug-likeness (QED) is 0.769. The number of benzene rings is 1. The number of rotatable bonds is 6. The molecule has 0 spiro atoms. The molecule has 3 rings (SSSR count). The molecule has 2 N–H and O–H groups in total. The van der Waals surface area contributed by atoms with E-state index in [1.807, 2.05) is 24.3 Å². The van der Waals surface area contributed by atoms with Crippen LogP contribution in [0, 0.1) is 0 Å². The number of carbonyl (C=O) groups is 1. The zero-order chi connectivity index (χ0) is 16.9. The van der Waals surface area contributed by atoms with Gasteiger partial charge in [-0.05, 0) is 52.3 Å². The minimum atomic E-state index is 0.00260. The Balaban J connectivity index is 1.71. The van der Waals surface area contributed by atoms with Gasteiger partial charge in [-0.2, -0.15) is 0 Å². The van der Waals surface area contributed by atoms with Gasteiger partial charge in [0, 0.05) is 18.4 Å². The summed E-state index contributed by atoms with van der Waals surface area (Å²) in [5, 5.41) is 3.11. The van der Waals surface area contributed by atoms with Crippen molar-refractivity contribution in [1.82, 2.24) is 5.32 Å². The van der Waals surface area contributed by atoms with Crippen molar-refractivity contribution >= 4 is 33.2 Å². The molecule has 0 bridgehead atoms. The molecule has 24 heavy (non-hydrogen) atoms. The summed E-state index contributed by atoms with van der Waals surface area (Å²) in [5.41, 5.74) is 1.25. The van der Waals surface area contributed by atoms with Crippen LogP contribution in [-0.4, -0.2) is 32.7 Å². The van der Waals surface area contributed by atoms with Crippen LogP contribution in [-0.2, 0) is 0 Å². The molecule has 6 heteroatoms. The second-order valence-electron chi connectivity index (χ2n) is 6.00. The third kappa shape index (κ3) is 4.18. The highest BCUT2D eigenvalue weighted by Crippen LogP contribution is 2.22. The molecule has 0 radical (unpaired) electrons. The number of ether oxygens (including phenoxy) is 1. The Morgan fingerprint density at radius 2 is 1.96 bits per heavy atom. The third-order valence-electron chi connectivity index (χ3n) is 4.52. The lowest BCUT2D eigenvalue weighted by Gasteiger charge is -2.25. The van der Waals surface area contributed by atoms with Crippen molar-refractivity contribution in [2.75, 3.05) is 26.7 Å². The first-order valence-electron chi connectivity index (χ1n) is 8.19. The predicted octanol–water partition coefficient (Wildman–Crippen LogP) is 2.67. The highest BCUT2D eigenvalue weighted by atomic mass is 79.9. The molecule has 2 aromatic rings. The van der Waals surface area contributed by atoms with Crippen LogP contribution in [0.5, 0.6) is 5.75 Å². The monoisotopic (exact) mass is 409 g/mol. The summed E-state index contributed by atoms with van der Waals surface area (Å²) in [6.07, 6.45) is 2.52. The third-order valence-corrected chi connectivity index (χ3v) is 6.14. The molecule has 2 heterocycles. The van der Waals surface area contributed by atoms with E-state index in [1.165, 1.54) is 29.7 Å². The van der Waals surface area contributed by atoms with Crippen molar-refractivity contribution in [1.29, 1.82) is 0 Å². The maximum Gasteiger partial charge on any atom is 0.261 e. The summed E-state index contributed by atoms with van der Waals surface area (Å²) in [7, 11) is 1.68. The molecule has 1 amide bonds. The van der Waals surface area contributed by atoms with Crippen LogP contribution < -0.4 is 15.0 Å². The average Bonchev–Trinajstić information content (AvgIpc) is 3.27. The van der Waals surface area contributed by atoms with E-state index in [0.29, 0.717) is 6.54 Å². The molecule has 1 aromatic carbocycles. The number of halogens is 1. The lowest BCUT2D eigenvalue weighted by atomic mass is 10.1. The van der Waals surface area contributed by atoms with E-state index in [-0.39, 0.29) is 11.9 Å². The fourth-order valence-electron chi connectivity index (χ4n) is 3.23. The first-order chi connectivity index (χ1) is 11.7. The molecule has 0 aliphatic carbocycles. The lowest BCUT2D eigenvalue weighted by molar-refractivity contribution is -0.918. The summed E-state index contributed by atoms with van der Waals surface area (Å²) in [4.78, 5) is 14.6. The van der Waals surface area contributed by atoms with E-state index in [1.54, 1.807) is 12.0 Å². The number of hydrogen-bond acceptors (Lipinski definition) is 3. The first kappa shape index (κ1) is 17.5. The number of quaternary nitrogens is 1. The van der Waals surface area contributed by atoms with Gasteiger partial charge in [-0.3, -0.25) is 4.79 Å². The van der Waals surface area contributed by atoms with Crippen LogP contribution in [0.4, 0.5) is 0 Å². The fourth-order valence-corrected chi connectivity index (χ4v) is 4.53. The number of hydrogen-bond donors (Lipinski definition) is 2. The molecule has 1 atom stereocenters. The molecule has 1 saturated heterocycles. The first-order valence-corrected chi connectivity index (χ1v) is 9.80. The van der Waals surface area contributed by atoms with Gasteiger partial charge in [-0.15, -0.1) is 11.3 Å². The topological polar surface area (TPSA) is 42.8 Å². The Hall–Kier alpha value is -1.37. The maximum absolute atomic E-state index is 12.4. The van der Waals surface area contributed by atoms with Crippen LogP contribution in [0.3, 0.4) is 0 Å². The van der Waals surface area contributed by atoms with Crippen LogP contribution in [0.15, 0.2) is 40.2 Å². The van der Waals surface area contributed by atoms with E-state index < -0.39 is 0 Å². The van der Waals surface area contributed by atoms with Gasteiger partial charge in [0.15, 0.2) is 0 Å². The number of likely N-dealkylation sites (tertiary alicyclic amines) is 1. The number of methoxy groups -OCH3 is 1. The van der Waals surface area contributed by atoms with E-state index in [0.717, 1.165) is 27.5 Å². The molecule has 1 aliphatic heterocycles. The van der Waals surface area contributed by atoms with Crippen molar-refractivity contribution in [3.63, 3.8) is 0 Å². The summed E-state index contributed by atoms with van der Waals surface area (Å²) < 4.78 is 6.23. The second-order valence-corrected chi connectivity index (χ2v) is 8.47. The fraction of sp³-hybridized carbons (Fsp3) is 0.389. The van der Waals surface area contributed by atoms with Gasteiger partial charge in [0.05, 0.1) is 35.4 Å². The van der Waals surface area contributed by atoms with Gasteiger partial charge < -0.3 is 15.0 Å². The normalized spacial score (nSPS) is 16.1. The second kappa shape index (κ2) is 8.14. The smallest absolute Gasteiger partial charge is 0.261 e.